The van der Waals surface area contributed by atoms with Gasteiger partial charge < -0.3 is 10.8 Å². The van der Waals surface area contributed by atoms with Gasteiger partial charge in [0.15, 0.2) is 11.6 Å². The quantitative estimate of drug-likeness (QED) is 0.820. The lowest BCUT2D eigenvalue weighted by molar-refractivity contribution is 0.0829. The Morgan fingerprint density at radius 2 is 1.78 bits per heavy atom. The van der Waals surface area contributed by atoms with Crippen molar-refractivity contribution >= 4 is 0 Å². The van der Waals surface area contributed by atoms with E-state index in [1.165, 1.54) is 0 Å². The maximum atomic E-state index is 13.5. The largest absolute Gasteiger partial charge is 0.391 e. The molecule has 0 radical (unpaired) electrons. The number of nitrogens with two attached hydrogens (primary N) is 1. The Hall–Kier alpha value is -1.07. The Morgan fingerprint density at radius 1 is 1.17 bits per heavy atom. The van der Waals surface area contributed by atoms with Gasteiger partial charge in [-0.3, -0.25) is 0 Å². The van der Waals surface area contributed by atoms with Crippen LogP contribution in [0.4, 0.5) is 13.2 Å². The SMILES string of the molecule is N[C@@H](c1cc(F)cc(F)c1F)[C@H](O)C1CCCC1. The summed E-state index contributed by atoms with van der Waals surface area (Å²) in [6.45, 7) is 0. The van der Waals surface area contributed by atoms with Crippen molar-refractivity contribution in [2.75, 3.05) is 0 Å². The van der Waals surface area contributed by atoms with Crippen LogP contribution in [0.15, 0.2) is 12.1 Å². The smallest absolute Gasteiger partial charge is 0.163 e. The molecule has 3 N–H and O–H groups in total. The van der Waals surface area contributed by atoms with Crippen LogP contribution >= 0.6 is 0 Å². The van der Waals surface area contributed by atoms with Crippen molar-refractivity contribution in [3.05, 3.63) is 35.1 Å². The average Bonchev–Trinajstić information content (AvgIpc) is 2.85. The van der Waals surface area contributed by atoms with E-state index in [2.05, 4.69) is 0 Å². The van der Waals surface area contributed by atoms with E-state index < -0.39 is 29.6 Å². The van der Waals surface area contributed by atoms with Gasteiger partial charge in [-0.1, -0.05) is 12.8 Å². The first-order valence-electron chi connectivity index (χ1n) is 6.09. The van der Waals surface area contributed by atoms with Crippen molar-refractivity contribution in [1.82, 2.24) is 0 Å². The number of hydrogen-bond acceptors (Lipinski definition) is 2. The number of aliphatic hydroxyl groups is 1. The van der Waals surface area contributed by atoms with Crippen molar-refractivity contribution in [3.63, 3.8) is 0 Å². The topological polar surface area (TPSA) is 46.2 Å². The number of benzene rings is 1. The first-order chi connectivity index (χ1) is 8.50. The molecule has 1 aromatic carbocycles. The molecule has 0 spiro atoms. The van der Waals surface area contributed by atoms with Crippen LogP contribution in [0.25, 0.3) is 0 Å². The monoisotopic (exact) mass is 259 g/mol. The van der Waals surface area contributed by atoms with Crippen LogP contribution in [0.2, 0.25) is 0 Å². The van der Waals surface area contributed by atoms with Crippen molar-refractivity contribution in [3.8, 4) is 0 Å². The minimum Gasteiger partial charge on any atom is -0.391 e. The molecule has 5 heteroatoms. The molecule has 0 bridgehead atoms. The lowest BCUT2D eigenvalue weighted by Gasteiger charge is -2.25. The van der Waals surface area contributed by atoms with Crippen LogP contribution in [0, 0.1) is 23.4 Å². The van der Waals surface area contributed by atoms with Gasteiger partial charge >= 0.3 is 0 Å². The summed E-state index contributed by atoms with van der Waals surface area (Å²) in [5.41, 5.74) is 5.43. The molecule has 1 fully saturated rings. The highest BCUT2D eigenvalue weighted by atomic mass is 19.2. The maximum absolute atomic E-state index is 13.5. The summed E-state index contributed by atoms with van der Waals surface area (Å²) < 4.78 is 39.7. The minimum absolute atomic E-state index is 0.0225. The third-order valence-electron chi connectivity index (χ3n) is 3.63. The van der Waals surface area contributed by atoms with Crippen LogP contribution < -0.4 is 5.73 Å². The molecule has 1 aromatic rings. The van der Waals surface area contributed by atoms with Gasteiger partial charge in [-0.15, -0.1) is 0 Å². The summed E-state index contributed by atoms with van der Waals surface area (Å²) in [5, 5.41) is 10.0. The van der Waals surface area contributed by atoms with Gasteiger partial charge in [-0.05, 0) is 24.8 Å². The molecule has 1 aliphatic carbocycles. The number of aliphatic hydroxyl groups excluding tert-OH is 1. The average molecular weight is 259 g/mol. The van der Waals surface area contributed by atoms with Gasteiger partial charge in [0.2, 0.25) is 0 Å². The molecule has 2 atom stereocenters. The Morgan fingerprint density at radius 3 is 2.39 bits per heavy atom. The summed E-state index contributed by atoms with van der Waals surface area (Å²) in [5.74, 6) is -3.37. The highest BCUT2D eigenvalue weighted by Gasteiger charge is 2.31. The van der Waals surface area contributed by atoms with Gasteiger partial charge in [0, 0.05) is 11.6 Å². The van der Waals surface area contributed by atoms with Crippen LogP contribution in [-0.4, -0.2) is 11.2 Å². The molecule has 0 unspecified atom stereocenters. The molecule has 2 nitrogen and oxygen atoms in total. The highest BCUT2D eigenvalue weighted by Crippen LogP contribution is 2.33. The second kappa shape index (κ2) is 5.28. The number of halogens is 3. The Labute approximate surface area is 104 Å². The van der Waals surface area contributed by atoms with Gasteiger partial charge in [-0.25, -0.2) is 13.2 Å². The normalized spacial score (nSPS) is 20.1. The minimum atomic E-state index is -1.28. The van der Waals surface area contributed by atoms with E-state index in [0.717, 1.165) is 31.7 Å². The molecule has 18 heavy (non-hydrogen) atoms. The van der Waals surface area contributed by atoms with E-state index >= 15 is 0 Å². The highest BCUT2D eigenvalue weighted by molar-refractivity contribution is 5.24. The maximum Gasteiger partial charge on any atom is 0.163 e. The predicted octanol–water partition coefficient (Wildman–Crippen LogP) is 2.65. The van der Waals surface area contributed by atoms with E-state index in [9.17, 15) is 18.3 Å². The van der Waals surface area contributed by atoms with Crippen LogP contribution in [-0.2, 0) is 0 Å². The zero-order chi connectivity index (χ0) is 13.3. The van der Waals surface area contributed by atoms with E-state index in [-0.39, 0.29) is 11.5 Å². The number of rotatable bonds is 3. The molecule has 1 saturated carbocycles. The first kappa shape index (κ1) is 13.4. The molecule has 0 heterocycles. The van der Waals surface area contributed by atoms with Crippen molar-refractivity contribution in [2.45, 2.75) is 37.8 Å². The second-order valence-electron chi connectivity index (χ2n) is 4.85. The fraction of sp³-hybridized carbons (Fsp3) is 0.538. The fourth-order valence-corrected chi connectivity index (χ4v) is 2.59. The zero-order valence-corrected chi connectivity index (χ0v) is 9.87. The van der Waals surface area contributed by atoms with Crippen LogP contribution in [0.1, 0.15) is 37.3 Å². The van der Waals surface area contributed by atoms with Gasteiger partial charge in [-0.2, -0.15) is 0 Å². The number of hydrogen-bond donors (Lipinski definition) is 2. The Balaban J connectivity index is 2.24. The second-order valence-corrected chi connectivity index (χ2v) is 4.85. The third kappa shape index (κ3) is 2.52. The van der Waals surface area contributed by atoms with E-state index in [4.69, 9.17) is 5.73 Å². The first-order valence-corrected chi connectivity index (χ1v) is 6.09. The lowest BCUT2D eigenvalue weighted by Crippen LogP contribution is -2.32. The molecule has 0 amide bonds. The summed E-state index contributed by atoms with van der Waals surface area (Å²) in [7, 11) is 0. The van der Waals surface area contributed by atoms with E-state index in [1.54, 1.807) is 0 Å². The summed E-state index contributed by atoms with van der Waals surface area (Å²) in [6.07, 6.45) is 2.65. The molecular formula is C13H16F3NO. The summed E-state index contributed by atoms with van der Waals surface area (Å²) >= 11 is 0. The van der Waals surface area contributed by atoms with Crippen molar-refractivity contribution < 1.29 is 18.3 Å². The van der Waals surface area contributed by atoms with Crippen molar-refractivity contribution in [2.24, 2.45) is 11.7 Å². The van der Waals surface area contributed by atoms with E-state index in [0.29, 0.717) is 6.07 Å². The summed E-state index contributed by atoms with van der Waals surface area (Å²) in [6, 6.07) is 0.215. The Bertz CT molecular complexity index is 432. The third-order valence-corrected chi connectivity index (χ3v) is 3.63. The molecule has 0 aromatic heterocycles. The van der Waals surface area contributed by atoms with E-state index in [1.807, 2.05) is 0 Å². The standard InChI is InChI=1S/C13H16F3NO/c14-8-5-9(11(16)10(15)6-8)12(17)13(18)7-3-1-2-4-7/h5-7,12-13,18H,1-4,17H2/t12-,13+/m0/s1. The molecule has 100 valence electrons. The molecule has 2 rings (SSSR count). The molecule has 0 saturated heterocycles. The van der Waals surface area contributed by atoms with Gasteiger partial charge in [0.25, 0.3) is 0 Å². The van der Waals surface area contributed by atoms with Crippen LogP contribution in [0.5, 0.6) is 0 Å². The predicted molar refractivity (Wildman–Crippen MR) is 61.2 cm³/mol. The van der Waals surface area contributed by atoms with Crippen LogP contribution in [0.3, 0.4) is 0 Å². The molecular weight excluding hydrogens is 243 g/mol. The molecule has 0 aliphatic heterocycles. The van der Waals surface area contributed by atoms with Gasteiger partial charge in [0.05, 0.1) is 12.1 Å². The Kier molecular flexibility index (Phi) is 3.92. The molecule has 1 aliphatic rings. The zero-order valence-electron chi connectivity index (χ0n) is 9.87. The van der Waals surface area contributed by atoms with Crippen molar-refractivity contribution in [1.29, 1.82) is 0 Å². The lowest BCUT2D eigenvalue weighted by atomic mass is 9.90. The van der Waals surface area contributed by atoms with Gasteiger partial charge in [0.1, 0.15) is 5.82 Å². The summed E-state index contributed by atoms with van der Waals surface area (Å²) in [4.78, 5) is 0. The fourth-order valence-electron chi connectivity index (χ4n) is 2.59.